The summed E-state index contributed by atoms with van der Waals surface area (Å²) in [7, 11) is -2.28. The highest BCUT2D eigenvalue weighted by Gasteiger charge is 2.26. The summed E-state index contributed by atoms with van der Waals surface area (Å²) < 4.78 is 40.3. The van der Waals surface area contributed by atoms with Gasteiger partial charge in [0, 0.05) is 0 Å². The summed E-state index contributed by atoms with van der Waals surface area (Å²) in [6.45, 7) is -0.483. The summed E-state index contributed by atoms with van der Waals surface area (Å²) in [5, 5.41) is 0. The molecule has 25 heavy (non-hydrogen) atoms. The van der Waals surface area contributed by atoms with E-state index in [1.54, 1.807) is 12.1 Å². The van der Waals surface area contributed by atoms with Crippen molar-refractivity contribution >= 4 is 29.9 Å². The van der Waals surface area contributed by atoms with E-state index in [9.17, 15) is 18.0 Å². The second-order valence-corrected chi connectivity index (χ2v) is 7.58. The summed E-state index contributed by atoms with van der Waals surface area (Å²) in [6.07, 6.45) is 4.23. The van der Waals surface area contributed by atoms with Gasteiger partial charge in [0.15, 0.2) is 0 Å². The average Bonchev–Trinajstić information content (AvgIpc) is 3.08. The van der Waals surface area contributed by atoms with Gasteiger partial charge in [-0.15, -0.1) is 0 Å². The third-order valence-corrected chi connectivity index (χ3v) is 4.83. The molecule has 0 unspecified atom stereocenters. The van der Waals surface area contributed by atoms with Crippen LogP contribution in [0, 0.1) is 5.92 Å². The van der Waals surface area contributed by atoms with E-state index in [4.69, 9.17) is 14.0 Å². The van der Waals surface area contributed by atoms with E-state index >= 15 is 0 Å². The fourth-order valence-electron chi connectivity index (χ4n) is 2.71. The van der Waals surface area contributed by atoms with Gasteiger partial charge in [-0.2, -0.15) is 8.42 Å². The standard InChI is InChI=1S/C16H21BO7S/c17-10-11-5-6-13(16(19)23-7-8-25(20,21)22)14(9-11)24-15(18)12-3-1-2-4-12/h5-6,9,12H,1-4,7-8,10,17H2,(H,20,21,22). The fraction of sp³-hybridized carbons (Fsp3) is 0.500. The largest absolute Gasteiger partial charge is 0.461 e. The van der Waals surface area contributed by atoms with Gasteiger partial charge < -0.3 is 9.47 Å². The Labute approximate surface area is 147 Å². The molecule has 0 amide bonds. The summed E-state index contributed by atoms with van der Waals surface area (Å²) in [6, 6.07) is 4.82. The minimum Gasteiger partial charge on any atom is -0.461 e. The zero-order valence-electron chi connectivity index (χ0n) is 14.1. The van der Waals surface area contributed by atoms with Crippen LogP contribution < -0.4 is 4.74 Å². The predicted molar refractivity (Wildman–Crippen MR) is 93.0 cm³/mol. The zero-order chi connectivity index (χ0) is 18.4. The number of ether oxygens (including phenoxy) is 2. The van der Waals surface area contributed by atoms with Gasteiger partial charge in [-0.25, -0.2) is 4.79 Å². The SMILES string of the molecule is BCc1ccc(C(=O)OCCS(=O)(=O)O)c(OC(=O)C2CCCC2)c1. The van der Waals surface area contributed by atoms with Gasteiger partial charge in [0.25, 0.3) is 10.1 Å². The van der Waals surface area contributed by atoms with Crippen LogP contribution in [0.15, 0.2) is 18.2 Å². The van der Waals surface area contributed by atoms with Gasteiger partial charge >= 0.3 is 11.9 Å². The summed E-state index contributed by atoms with van der Waals surface area (Å²) in [5.74, 6) is -1.90. The first-order valence-corrected chi connectivity index (χ1v) is 9.88. The van der Waals surface area contributed by atoms with Crippen LogP contribution in [0.25, 0.3) is 0 Å². The summed E-state index contributed by atoms with van der Waals surface area (Å²) in [4.78, 5) is 24.4. The minimum absolute atomic E-state index is 0.0545. The maximum absolute atomic E-state index is 12.2. The van der Waals surface area contributed by atoms with Crippen LogP contribution >= 0.6 is 0 Å². The number of carbonyl (C=O) groups excluding carboxylic acids is 2. The van der Waals surface area contributed by atoms with E-state index in [0.717, 1.165) is 31.2 Å². The summed E-state index contributed by atoms with van der Waals surface area (Å²) in [5.41, 5.74) is 0.947. The smallest absolute Gasteiger partial charge is 0.341 e. The fourth-order valence-corrected chi connectivity index (χ4v) is 3.00. The molecule has 136 valence electrons. The van der Waals surface area contributed by atoms with Crippen molar-refractivity contribution in [3.8, 4) is 5.75 Å². The topological polar surface area (TPSA) is 107 Å². The maximum atomic E-state index is 12.2. The number of carbonyl (C=O) groups is 2. The van der Waals surface area contributed by atoms with E-state index in [-0.39, 0.29) is 23.2 Å². The monoisotopic (exact) mass is 368 g/mol. The molecule has 1 aromatic rings. The molecule has 2 rings (SSSR count). The van der Waals surface area contributed by atoms with Gasteiger partial charge in [0.1, 0.15) is 31.5 Å². The predicted octanol–water partition coefficient (Wildman–Crippen LogP) is 0.960. The first kappa shape index (κ1) is 19.5. The molecule has 1 N–H and O–H groups in total. The van der Waals surface area contributed by atoms with Crippen molar-refractivity contribution in [2.75, 3.05) is 12.4 Å². The molecule has 0 saturated heterocycles. The molecule has 7 nitrogen and oxygen atoms in total. The Bertz CT molecular complexity index is 739. The molecule has 1 aliphatic rings. The first-order valence-electron chi connectivity index (χ1n) is 8.27. The maximum Gasteiger partial charge on any atom is 0.341 e. The van der Waals surface area contributed by atoms with Crippen LogP contribution in [0.2, 0.25) is 0 Å². The molecule has 0 atom stereocenters. The van der Waals surface area contributed by atoms with Crippen LogP contribution in [0.3, 0.4) is 0 Å². The Morgan fingerprint density at radius 2 is 1.92 bits per heavy atom. The third kappa shape index (κ3) is 5.86. The van der Waals surface area contributed by atoms with E-state index in [0.29, 0.717) is 6.32 Å². The van der Waals surface area contributed by atoms with Gasteiger partial charge in [-0.05, 0) is 25.0 Å². The van der Waals surface area contributed by atoms with E-state index in [1.165, 1.54) is 6.07 Å². The number of hydrogen-bond donors (Lipinski definition) is 1. The molecule has 1 aliphatic carbocycles. The molecule has 1 aromatic carbocycles. The van der Waals surface area contributed by atoms with Crippen molar-refractivity contribution in [3.63, 3.8) is 0 Å². The van der Waals surface area contributed by atoms with Crippen molar-refractivity contribution in [3.05, 3.63) is 29.3 Å². The molecule has 1 fully saturated rings. The van der Waals surface area contributed by atoms with Crippen LogP contribution in [-0.4, -0.2) is 45.1 Å². The lowest BCUT2D eigenvalue weighted by atomic mass is 9.96. The van der Waals surface area contributed by atoms with Gasteiger partial charge in [0.2, 0.25) is 0 Å². The number of esters is 2. The zero-order valence-corrected chi connectivity index (χ0v) is 14.9. The molecule has 0 aromatic heterocycles. The van der Waals surface area contributed by atoms with Crippen LogP contribution in [0.1, 0.15) is 41.6 Å². The van der Waals surface area contributed by atoms with Crippen molar-refractivity contribution in [1.82, 2.24) is 0 Å². The molecule has 0 bridgehead atoms. The Morgan fingerprint density at radius 1 is 1.24 bits per heavy atom. The van der Waals surface area contributed by atoms with Crippen molar-refractivity contribution in [2.24, 2.45) is 5.92 Å². The van der Waals surface area contributed by atoms with Crippen LogP contribution in [0.4, 0.5) is 0 Å². The lowest BCUT2D eigenvalue weighted by molar-refractivity contribution is -0.138. The molecular weight excluding hydrogens is 347 g/mol. The van der Waals surface area contributed by atoms with Crippen molar-refractivity contribution in [1.29, 1.82) is 0 Å². The highest BCUT2D eigenvalue weighted by molar-refractivity contribution is 7.85. The second kappa shape index (κ2) is 8.49. The minimum atomic E-state index is -4.22. The van der Waals surface area contributed by atoms with Crippen molar-refractivity contribution in [2.45, 2.75) is 32.0 Å². The first-order chi connectivity index (χ1) is 11.8. The lowest BCUT2D eigenvalue weighted by Crippen LogP contribution is -2.20. The van der Waals surface area contributed by atoms with Gasteiger partial charge in [-0.3, -0.25) is 9.35 Å². The number of rotatable bonds is 7. The Kier molecular flexibility index (Phi) is 6.61. The molecule has 0 heterocycles. The van der Waals surface area contributed by atoms with Gasteiger partial charge in [-0.1, -0.05) is 30.8 Å². The Hall–Kier alpha value is -1.87. The quantitative estimate of drug-likeness (QED) is 0.331. The van der Waals surface area contributed by atoms with E-state index < -0.39 is 28.4 Å². The molecule has 0 radical (unpaired) electrons. The van der Waals surface area contributed by atoms with Crippen molar-refractivity contribution < 1.29 is 32.0 Å². The average molecular weight is 368 g/mol. The Balaban J connectivity index is 2.13. The Morgan fingerprint density at radius 3 is 2.52 bits per heavy atom. The molecule has 0 spiro atoms. The normalized spacial score (nSPS) is 15.1. The summed E-state index contributed by atoms with van der Waals surface area (Å²) >= 11 is 0. The van der Waals surface area contributed by atoms with E-state index in [2.05, 4.69) is 0 Å². The number of benzene rings is 1. The molecule has 9 heteroatoms. The van der Waals surface area contributed by atoms with Gasteiger partial charge in [0.05, 0.1) is 5.92 Å². The van der Waals surface area contributed by atoms with Crippen LogP contribution in [0.5, 0.6) is 5.75 Å². The molecular formula is C16H21BO7S. The lowest BCUT2D eigenvalue weighted by Gasteiger charge is -2.14. The molecule has 0 aliphatic heterocycles. The second-order valence-electron chi connectivity index (χ2n) is 6.01. The number of hydrogen-bond acceptors (Lipinski definition) is 6. The molecule has 1 saturated carbocycles. The highest BCUT2D eigenvalue weighted by atomic mass is 32.2. The third-order valence-electron chi connectivity index (χ3n) is 4.15. The highest BCUT2D eigenvalue weighted by Crippen LogP contribution is 2.28. The van der Waals surface area contributed by atoms with Crippen LogP contribution in [-0.2, 0) is 26.0 Å². The van der Waals surface area contributed by atoms with E-state index in [1.807, 2.05) is 7.85 Å².